The predicted octanol–water partition coefficient (Wildman–Crippen LogP) is 4.22. The monoisotopic (exact) mass is 548 g/mol. The van der Waals surface area contributed by atoms with Crippen molar-refractivity contribution in [2.24, 2.45) is 4.99 Å². The number of carbonyl (C=O) groups is 1. The second-order valence-electron chi connectivity index (χ2n) is 7.99. The summed E-state index contributed by atoms with van der Waals surface area (Å²) in [7, 11) is -0.463. The minimum Gasteiger partial charge on any atom is -0.493 e. The molecule has 0 saturated carbocycles. The number of anilines is 1. The second kappa shape index (κ2) is 9.55. The van der Waals surface area contributed by atoms with Gasteiger partial charge in [0.15, 0.2) is 26.5 Å². The van der Waals surface area contributed by atoms with Gasteiger partial charge in [-0.25, -0.2) is 8.42 Å². The highest BCUT2D eigenvalue weighted by Gasteiger charge is 2.50. The van der Waals surface area contributed by atoms with Crippen LogP contribution in [-0.4, -0.2) is 56.5 Å². The summed E-state index contributed by atoms with van der Waals surface area (Å²) in [4.78, 5) is 18.3. The number of hydrogen-bond acceptors (Lipinski definition) is 6. The Bertz CT molecular complexity index is 1300. The normalized spacial score (nSPS) is 22.3. The van der Waals surface area contributed by atoms with Gasteiger partial charge in [-0.15, -0.1) is 0 Å². The maximum absolute atomic E-state index is 13.4. The van der Waals surface area contributed by atoms with Gasteiger partial charge in [-0.05, 0) is 35.9 Å². The van der Waals surface area contributed by atoms with Gasteiger partial charge in [-0.1, -0.05) is 29.4 Å². The summed E-state index contributed by atoms with van der Waals surface area (Å²) in [6.07, 6.45) is -4.74. The van der Waals surface area contributed by atoms with Gasteiger partial charge in [0, 0.05) is 5.25 Å². The van der Waals surface area contributed by atoms with E-state index in [0.717, 1.165) is 30.0 Å². The molecule has 2 aliphatic heterocycles. The third-order valence-corrected chi connectivity index (χ3v) is 9.15. The van der Waals surface area contributed by atoms with Crippen molar-refractivity contribution in [1.82, 2.24) is 0 Å². The number of nitrogens with zero attached hydrogens (tertiary/aromatic N) is 2. The average molecular weight is 549 g/mol. The zero-order valence-electron chi connectivity index (χ0n) is 18.5. The first-order valence-corrected chi connectivity index (χ1v) is 13.3. The number of rotatable bonds is 5. The lowest BCUT2D eigenvalue weighted by Gasteiger charge is -2.26. The van der Waals surface area contributed by atoms with Crippen LogP contribution in [0.15, 0.2) is 41.4 Å². The van der Waals surface area contributed by atoms with Gasteiger partial charge in [0.2, 0.25) is 0 Å². The summed E-state index contributed by atoms with van der Waals surface area (Å²) in [5.41, 5.74) is -0.398. The van der Waals surface area contributed by atoms with Gasteiger partial charge in [0.25, 0.3) is 5.91 Å². The van der Waals surface area contributed by atoms with Crippen molar-refractivity contribution >= 4 is 50.0 Å². The summed E-state index contributed by atoms with van der Waals surface area (Å²) in [6, 6.07) is 7.04. The van der Waals surface area contributed by atoms with Crippen molar-refractivity contribution in [2.45, 2.75) is 23.9 Å². The maximum atomic E-state index is 13.4. The number of sulfone groups is 1. The number of amidine groups is 1. The molecule has 4 rings (SSSR count). The molecule has 0 aromatic heterocycles. The molecule has 2 atom stereocenters. The number of hydrogen-bond donors (Lipinski definition) is 0. The molecular weight excluding hydrogens is 529 g/mol. The van der Waals surface area contributed by atoms with Crippen molar-refractivity contribution in [3.8, 4) is 11.5 Å². The predicted molar refractivity (Wildman–Crippen MR) is 128 cm³/mol. The zero-order chi connectivity index (χ0) is 25.5. The topological polar surface area (TPSA) is 85.3 Å². The van der Waals surface area contributed by atoms with Crippen LogP contribution in [0.3, 0.4) is 0 Å². The van der Waals surface area contributed by atoms with Gasteiger partial charge >= 0.3 is 6.18 Å². The molecule has 2 fully saturated rings. The highest BCUT2D eigenvalue weighted by atomic mass is 35.5. The number of ether oxygens (including phenoxy) is 2. The van der Waals surface area contributed by atoms with Crippen LogP contribution in [0.2, 0.25) is 5.02 Å². The zero-order valence-corrected chi connectivity index (χ0v) is 20.9. The highest BCUT2D eigenvalue weighted by Crippen LogP contribution is 2.44. The number of methoxy groups -OCH3 is 2. The molecule has 1 amide bonds. The third kappa shape index (κ3) is 5.39. The molecule has 7 nitrogen and oxygen atoms in total. The van der Waals surface area contributed by atoms with E-state index in [1.54, 1.807) is 18.2 Å². The number of fused-ring (bicyclic) bond motifs is 1. The first kappa shape index (κ1) is 25.6. The molecule has 0 bridgehead atoms. The Morgan fingerprint density at radius 1 is 1.14 bits per heavy atom. The van der Waals surface area contributed by atoms with Crippen LogP contribution in [0.5, 0.6) is 11.5 Å². The standard InChI is InChI=1S/C22H20ClF3N2O5S2/c1-32-17-6-3-12(7-18(17)33-2)8-20(29)27-21-28(16-10-35(30,31)11-19(16)34-21)15-9-13(22(24,25)26)4-5-14(15)23/h3-7,9,16,19H,8,10-11H2,1-2H3/t16-,19-/m1/s1. The van der Waals surface area contributed by atoms with E-state index < -0.39 is 38.8 Å². The average Bonchev–Trinajstić information content (AvgIpc) is 3.23. The van der Waals surface area contributed by atoms with Gasteiger partial charge in [0.05, 0.1) is 54.5 Å². The lowest BCUT2D eigenvalue weighted by molar-refractivity contribution is -0.137. The lowest BCUT2D eigenvalue weighted by atomic mass is 10.1. The van der Waals surface area contributed by atoms with E-state index >= 15 is 0 Å². The van der Waals surface area contributed by atoms with Gasteiger partial charge in [-0.2, -0.15) is 18.2 Å². The summed E-state index contributed by atoms with van der Waals surface area (Å²) in [5, 5.41) is -0.386. The molecule has 188 valence electrons. The number of carbonyl (C=O) groups excluding carboxylic acids is 1. The Morgan fingerprint density at radius 3 is 2.51 bits per heavy atom. The van der Waals surface area contributed by atoms with Crippen molar-refractivity contribution < 1.29 is 35.9 Å². The molecule has 0 spiro atoms. The lowest BCUT2D eigenvalue weighted by Crippen LogP contribution is -2.38. The van der Waals surface area contributed by atoms with Crippen LogP contribution < -0.4 is 14.4 Å². The fourth-order valence-corrected chi connectivity index (χ4v) is 8.16. The number of amides is 1. The molecule has 2 aromatic carbocycles. The fourth-order valence-electron chi connectivity index (χ4n) is 4.03. The Balaban J connectivity index is 1.69. The Hall–Kier alpha value is -2.44. The molecule has 13 heteroatoms. The van der Waals surface area contributed by atoms with Crippen molar-refractivity contribution in [2.75, 3.05) is 30.6 Å². The summed E-state index contributed by atoms with van der Waals surface area (Å²) < 4.78 is 75.0. The van der Waals surface area contributed by atoms with E-state index in [1.165, 1.54) is 19.1 Å². The number of benzene rings is 2. The highest BCUT2D eigenvalue weighted by molar-refractivity contribution is 8.16. The third-order valence-electron chi connectivity index (χ3n) is 5.62. The molecule has 0 aliphatic carbocycles. The Labute approximate surface area is 209 Å². The van der Waals surface area contributed by atoms with Crippen molar-refractivity contribution in [3.05, 3.63) is 52.5 Å². The molecule has 2 heterocycles. The number of aliphatic imine (C=N–C) groups is 1. The smallest absolute Gasteiger partial charge is 0.416 e. The quantitative estimate of drug-likeness (QED) is 0.553. The Morgan fingerprint density at radius 2 is 1.86 bits per heavy atom. The fraction of sp³-hybridized carbons (Fsp3) is 0.364. The summed E-state index contributed by atoms with van der Waals surface area (Å²) in [5.74, 6) is -0.0902. The number of halogens is 4. The number of thioether (sulfide) groups is 1. The van der Waals surface area contributed by atoms with E-state index in [2.05, 4.69) is 4.99 Å². The Kier molecular flexibility index (Phi) is 7.00. The van der Waals surface area contributed by atoms with Gasteiger partial charge < -0.3 is 14.4 Å². The van der Waals surface area contributed by atoms with Gasteiger partial charge in [0.1, 0.15) is 0 Å². The summed E-state index contributed by atoms with van der Waals surface area (Å²) >= 11 is 7.30. The summed E-state index contributed by atoms with van der Waals surface area (Å²) in [6.45, 7) is 0. The molecule has 2 aliphatic rings. The molecule has 0 unspecified atom stereocenters. The second-order valence-corrected chi connectivity index (χ2v) is 11.8. The first-order chi connectivity index (χ1) is 16.4. The SMILES string of the molecule is COc1ccc(CC(=O)N=C2S[C@@H]3CS(=O)(=O)C[C@H]3N2c2cc(C(F)(F)F)ccc2Cl)cc1OC. The van der Waals surface area contributed by atoms with Gasteiger partial charge in [-0.3, -0.25) is 4.79 Å². The van der Waals surface area contributed by atoms with Crippen LogP contribution in [0, 0.1) is 0 Å². The minimum absolute atomic E-state index is 0.0106. The first-order valence-electron chi connectivity index (χ1n) is 10.3. The van der Waals surface area contributed by atoms with Crippen molar-refractivity contribution in [1.29, 1.82) is 0 Å². The molecule has 2 aromatic rings. The van der Waals surface area contributed by atoms with Crippen molar-refractivity contribution in [3.63, 3.8) is 0 Å². The van der Waals surface area contributed by atoms with E-state index in [1.807, 2.05) is 0 Å². The minimum atomic E-state index is -4.63. The molecular formula is C22H20ClF3N2O5S2. The van der Waals surface area contributed by atoms with Crippen LogP contribution in [0.1, 0.15) is 11.1 Å². The van der Waals surface area contributed by atoms with E-state index in [-0.39, 0.29) is 33.8 Å². The molecule has 2 saturated heterocycles. The van der Waals surface area contributed by atoms with E-state index in [9.17, 15) is 26.4 Å². The van der Waals surface area contributed by atoms with E-state index in [4.69, 9.17) is 21.1 Å². The maximum Gasteiger partial charge on any atom is 0.416 e. The van der Waals surface area contributed by atoms with E-state index in [0.29, 0.717) is 17.1 Å². The van der Waals surface area contributed by atoms with Crippen LogP contribution in [0.4, 0.5) is 18.9 Å². The van der Waals surface area contributed by atoms with Crippen LogP contribution in [-0.2, 0) is 27.2 Å². The molecule has 0 radical (unpaired) electrons. The van der Waals surface area contributed by atoms with Crippen LogP contribution >= 0.6 is 23.4 Å². The molecule has 35 heavy (non-hydrogen) atoms. The largest absolute Gasteiger partial charge is 0.493 e. The number of alkyl halides is 3. The van der Waals surface area contributed by atoms with Crippen LogP contribution in [0.25, 0.3) is 0 Å². The molecule has 0 N–H and O–H groups in total.